The summed E-state index contributed by atoms with van der Waals surface area (Å²) in [5, 5.41) is 4.89. The van der Waals surface area contributed by atoms with Gasteiger partial charge in [-0.25, -0.2) is 9.88 Å². The number of amides is 3. The minimum atomic E-state index is -0.431. The van der Waals surface area contributed by atoms with E-state index in [0.29, 0.717) is 21.9 Å². The summed E-state index contributed by atoms with van der Waals surface area (Å²) in [4.78, 5) is 42.9. The lowest BCUT2D eigenvalue weighted by molar-refractivity contribution is 0.0925. The van der Waals surface area contributed by atoms with E-state index < -0.39 is 5.91 Å². The SMILES string of the molecule is Cc1cccc(N2C(=O)c3ccc(C(=O)Nc4nccs4)cc3C2=O)c1. The summed E-state index contributed by atoms with van der Waals surface area (Å²) in [6.07, 6.45) is 1.59. The first-order valence-electron chi connectivity index (χ1n) is 7.85. The van der Waals surface area contributed by atoms with Crippen LogP contribution < -0.4 is 10.2 Å². The standard InChI is InChI=1S/C19H13N3O3S/c1-11-3-2-4-13(9-11)22-17(24)14-6-5-12(10-15(14)18(22)25)16(23)21-19-20-7-8-26-19/h2-10H,1H3,(H,20,21,23). The molecule has 4 rings (SSSR count). The van der Waals surface area contributed by atoms with Crippen LogP contribution in [-0.4, -0.2) is 22.7 Å². The number of hydrogen-bond acceptors (Lipinski definition) is 5. The van der Waals surface area contributed by atoms with E-state index in [1.54, 1.807) is 29.8 Å². The number of imide groups is 1. The Hall–Kier alpha value is -3.32. The van der Waals surface area contributed by atoms with Crippen LogP contribution in [0.5, 0.6) is 0 Å². The largest absolute Gasteiger partial charge is 0.298 e. The van der Waals surface area contributed by atoms with E-state index in [0.717, 1.165) is 10.5 Å². The summed E-state index contributed by atoms with van der Waals surface area (Å²) < 4.78 is 0. The molecule has 7 heteroatoms. The Morgan fingerprint density at radius 1 is 1.08 bits per heavy atom. The van der Waals surface area contributed by atoms with Gasteiger partial charge in [-0.3, -0.25) is 19.7 Å². The summed E-state index contributed by atoms with van der Waals surface area (Å²) in [5.74, 6) is -1.20. The number of rotatable bonds is 3. The van der Waals surface area contributed by atoms with E-state index in [-0.39, 0.29) is 17.4 Å². The number of carbonyl (C=O) groups excluding carboxylic acids is 3. The van der Waals surface area contributed by atoms with Crippen molar-refractivity contribution in [1.82, 2.24) is 4.98 Å². The molecule has 0 saturated heterocycles. The molecule has 6 nitrogen and oxygen atoms in total. The van der Waals surface area contributed by atoms with Crippen LogP contribution >= 0.6 is 11.3 Å². The van der Waals surface area contributed by atoms with Crippen molar-refractivity contribution in [2.45, 2.75) is 6.92 Å². The van der Waals surface area contributed by atoms with Crippen LogP contribution in [0.3, 0.4) is 0 Å². The van der Waals surface area contributed by atoms with Crippen molar-refractivity contribution >= 4 is 39.9 Å². The molecule has 2 aromatic carbocycles. The van der Waals surface area contributed by atoms with Crippen molar-refractivity contribution in [3.63, 3.8) is 0 Å². The van der Waals surface area contributed by atoms with Crippen LogP contribution in [0.2, 0.25) is 0 Å². The molecule has 1 aromatic heterocycles. The van der Waals surface area contributed by atoms with Crippen LogP contribution in [-0.2, 0) is 0 Å². The van der Waals surface area contributed by atoms with Gasteiger partial charge in [-0.1, -0.05) is 12.1 Å². The summed E-state index contributed by atoms with van der Waals surface area (Å²) in [6.45, 7) is 1.89. The molecule has 0 radical (unpaired) electrons. The van der Waals surface area contributed by atoms with Gasteiger partial charge in [0.15, 0.2) is 5.13 Å². The van der Waals surface area contributed by atoms with Gasteiger partial charge in [-0.05, 0) is 42.8 Å². The van der Waals surface area contributed by atoms with Gasteiger partial charge in [0.1, 0.15) is 0 Å². The Balaban J connectivity index is 1.67. The smallest absolute Gasteiger partial charge is 0.266 e. The van der Waals surface area contributed by atoms with E-state index in [4.69, 9.17) is 0 Å². The molecule has 3 aromatic rings. The second-order valence-electron chi connectivity index (χ2n) is 5.84. The Morgan fingerprint density at radius 3 is 2.62 bits per heavy atom. The molecule has 1 N–H and O–H groups in total. The van der Waals surface area contributed by atoms with Crippen molar-refractivity contribution in [2.24, 2.45) is 0 Å². The Labute approximate surface area is 153 Å². The average molecular weight is 363 g/mol. The molecule has 0 aliphatic carbocycles. The third-order valence-corrected chi connectivity index (χ3v) is 4.75. The van der Waals surface area contributed by atoms with Gasteiger partial charge in [0.25, 0.3) is 17.7 Å². The summed E-state index contributed by atoms with van der Waals surface area (Å²) in [6, 6.07) is 11.7. The lowest BCUT2D eigenvalue weighted by atomic mass is 10.1. The van der Waals surface area contributed by atoms with Gasteiger partial charge in [0.2, 0.25) is 0 Å². The Kier molecular flexibility index (Phi) is 3.85. The molecule has 3 amide bonds. The number of carbonyl (C=O) groups is 3. The second kappa shape index (κ2) is 6.20. The van der Waals surface area contributed by atoms with E-state index in [1.165, 1.54) is 29.5 Å². The third kappa shape index (κ3) is 2.68. The first kappa shape index (κ1) is 16.2. The minimum absolute atomic E-state index is 0.225. The van der Waals surface area contributed by atoms with E-state index in [1.807, 2.05) is 13.0 Å². The van der Waals surface area contributed by atoms with Crippen molar-refractivity contribution in [2.75, 3.05) is 10.2 Å². The molecule has 26 heavy (non-hydrogen) atoms. The van der Waals surface area contributed by atoms with Gasteiger partial charge in [0, 0.05) is 17.1 Å². The molecule has 1 aliphatic rings. The average Bonchev–Trinajstić information content (AvgIpc) is 3.22. The number of nitrogens with one attached hydrogen (secondary N) is 1. The van der Waals surface area contributed by atoms with Crippen molar-refractivity contribution < 1.29 is 14.4 Å². The second-order valence-corrected chi connectivity index (χ2v) is 6.73. The van der Waals surface area contributed by atoms with Gasteiger partial charge in [-0.2, -0.15) is 0 Å². The fourth-order valence-electron chi connectivity index (χ4n) is 2.84. The molecule has 0 unspecified atom stereocenters. The lowest BCUT2D eigenvalue weighted by Gasteiger charge is -2.14. The van der Waals surface area contributed by atoms with Crippen molar-refractivity contribution in [1.29, 1.82) is 0 Å². The number of hydrogen-bond donors (Lipinski definition) is 1. The van der Waals surface area contributed by atoms with Crippen LogP contribution in [0.1, 0.15) is 36.6 Å². The molecular formula is C19H13N3O3S. The van der Waals surface area contributed by atoms with E-state index in [2.05, 4.69) is 10.3 Å². The van der Waals surface area contributed by atoms with Crippen LogP contribution in [0.15, 0.2) is 54.0 Å². The molecule has 0 bridgehead atoms. The number of thiazole rings is 1. The highest BCUT2D eigenvalue weighted by Crippen LogP contribution is 2.29. The molecular weight excluding hydrogens is 350 g/mol. The molecule has 128 valence electrons. The quantitative estimate of drug-likeness (QED) is 0.722. The van der Waals surface area contributed by atoms with Gasteiger partial charge < -0.3 is 0 Å². The van der Waals surface area contributed by atoms with Gasteiger partial charge in [0.05, 0.1) is 16.8 Å². The van der Waals surface area contributed by atoms with Gasteiger partial charge >= 0.3 is 0 Å². The highest BCUT2D eigenvalue weighted by molar-refractivity contribution is 7.13. The zero-order valence-electron chi connectivity index (χ0n) is 13.7. The Morgan fingerprint density at radius 2 is 1.88 bits per heavy atom. The number of anilines is 2. The first-order chi connectivity index (χ1) is 12.5. The number of nitrogens with zero attached hydrogens (tertiary/aromatic N) is 2. The van der Waals surface area contributed by atoms with Crippen LogP contribution in [0, 0.1) is 6.92 Å². The monoisotopic (exact) mass is 363 g/mol. The zero-order chi connectivity index (χ0) is 18.3. The van der Waals surface area contributed by atoms with E-state index >= 15 is 0 Å². The van der Waals surface area contributed by atoms with Crippen molar-refractivity contribution in [3.8, 4) is 0 Å². The lowest BCUT2D eigenvalue weighted by Crippen LogP contribution is -2.29. The molecule has 2 heterocycles. The molecule has 0 spiro atoms. The first-order valence-corrected chi connectivity index (χ1v) is 8.73. The van der Waals surface area contributed by atoms with Crippen LogP contribution in [0.25, 0.3) is 0 Å². The maximum atomic E-state index is 12.8. The number of benzene rings is 2. The summed E-state index contributed by atoms with van der Waals surface area (Å²) >= 11 is 1.30. The third-order valence-electron chi connectivity index (χ3n) is 4.06. The van der Waals surface area contributed by atoms with Crippen molar-refractivity contribution in [3.05, 3.63) is 76.3 Å². The number of fused-ring (bicyclic) bond motifs is 1. The highest BCUT2D eigenvalue weighted by Gasteiger charge is 2.37. The highest BCUT2D eigenvalue weighted by atomic mass is 32.1. The van der Waals surface area contributed by atoms with E-state index in [9.17, 15) is 14.4 Å². The number of aryl methyl sites for hydroxylation is 1. The predicted molar refractivity (Wildman–Crippen MR) is 98.8 cm³/mol. The normalized spacial score (nSPS) is 13.0. The maximum Gasteiger partial charge on any atom is 0.266 e. The van der Waals surface area contributed by atoms with Crippen LogP contribution in [0.4, 0.5) is 10.8 Å². The number of aromatic nitrogens is 1. The maximum absolute atomic E-state index is 12.8. The molecule has 0 atom stereocenters. The Bertz CT molecular complexity index is 1040. The fourth-order valence-corrected chi connectivity index (χ4v) is 3.36. The van der Waals surface area contributed by atoms with Gasteiger partial charge in [-0.15, -0.1) is 11.3 Å². The fraction of sp³-hybridized carbons (Fsp3) is 0.0526. The summed E-state index contributed by atoms with van der Waals surface area (Å²) in [7, 11) is 0. The molecule has 1 aliphatic heterocycles. The molecule has 0 saturated carbocycles. The molecule has 0 fully saturated rings. The minimum Gasteiger partial charge on any atom is -0.298 e. The predicted octanol–water partition coefficient (Wildman–Crippen LogP) is 3.50. The zero-order valence-corrected chi connectivity index (χ0v) is 14.5. The topological polar surface area (TPSA) is 79.4 Å². The summed E-state index contributed by atoms with van der Waals surface area (Å²) in [5.41, 5.74) is 2.28.